The van der Waals surface area contributed by atoms with E-state index in [0.29, 0.717) is 12.3 Å². The Morgan fingerprint density at radius 1 is 1.40 bits per heavy atom. The van der Waals surface area contributed by atoms with Crippen LogP contribution in [0.4, 0.5) is 4.39 Å². The average molecular weight is 346 g/mol. The maximum atomic E-state index is 13.1. The molecule has 1 fully saturated rings. The van der Waals surface area contributed by atoms with Crippen molar-refractivity contribution in [3.63, 3.8) is 0 Å². The van der Waals surface area contributed by atoms with Crippen molar-refractivity contribution in [1.82, 2.24) is 19.7 Å². The van der Waals surface area contributed by atoms with E-state index in [1.165, 1.54) is 12.1 Å². The van der Waals surface area contributed by atoms with E-state index in [1.807, 2.05) is 23.4 Å². The fourth-order valence-electron chi connectivity index (χ4n) is 3.23. The van der Waals surface area contributed by atoms with E-state index in [4.69, 9.17) is 4.74 Å². The third kappa shape index (κ3) is 4.35. The van der Waals surface area contributed by atoms with Gasteiger partial charge in [-0.3, -0.25) is 4.79 Å². The highest BCUT2D eigenvalue weighted by atomic mass is 19.1. The van der Waals surface area contributed by atoms with Crippen molar-refractivity contribution in [2.75, 3.05) is 19.7 Å². The Hall–Kier alpha value is -2.44. The summed E-state index contributed by atoms with van der Waals surface area (Å²) in [7, 11) is 0. The lowest BCUT2D eigenvalue weighted by atomic mass is 10.1. The van der Waals surface area contributed by atoms with Crippen molar-refractivity contribution in [3.05, 3.63) is 41.7 Å². The summed E-state index contributed by atoms with van der Waals surface area (Å²) < 4.78 is 20.5. The number of carbonyl (C=O) groups excluding carboxylic acids is 1. The van der Waals surface area contributed by atoms with Crippen LogP contribution >= 0.6 is 0 Å². The molecule has 0 bridgehead atoms. The first-order chi connectivity index (χ1) is 12.0. The van der Waals surface area contributed by atoms with E-state index in [9.17, 15) is 9.18 Å². The van der Waals surface area contributed by atoms with Gasteiger partial charge in [0.25, 0.3) is 0 Å². The van der Waals surface area contributed by atoms with Crippen molar-refractivity contribution in [2.45, 2.75) is 39.2 Å². The summed E-state index contributed by atoms with van der Waals surface area (Å²) in [5.41, 5.74) is 0. The van der Waals surface area contributed by atoms with Crippen molar-refractivity contribution in [3.8, 4) is 5.75 Å². The number of rotatable bonds is 5. The minimum atomic E-state index is -0.346. The van der Waals surface area contributed by atoms with Gasteiger partial charge in [-0.25, -0.2) is 14.1 Å². The van der Waals surface area contributed by atoms with Gasteiger partial charge in [0.05, 0.1) is 19.1 Å². The van der Waals surface area contributed by atoms with E-state index in [1.54, 1.807) is 12.1 Å². The molecule has 0 aliphatic carbocycles. The van der Waals surface area contributed by atoms with Crippen LogP contribution in [0.2, 0.25) is 0 Å². The summed E-state index contributed by atoms with van der Waals surface area (Å²) in [6.07, 6.45) is 2.21. The van der Waals surface area contributed by atoms with E-state index in [2.05, 4.69) is 10.1 Å². The van der Waals surface area contributed by atoms with Crippen LogP contribution < -0.4 is 4.74 Å². The Morgan fingerprint density at radius 2 is 2.24 bits per heavy atom. The molecule has 1 aliphatic heterocycles. The van der Waals surface area contributed by atoms with E-state index in [0.717, 1.165) is 31.0 Å². The molecule has 1 aromatic heterocycles. The maximum Gasteiger partial charge on any atom is 0.226 e. The van der Waals surface area contributed by atoms with E-state index in [-0.39, 0.29) is 30.8 Å². The molecule has 2 heterocycles. The highest BCUT2D eigenvalue weighted by Crippen LogP contribution is 2.22. The van der Waals surface area contributed by atoms with Gasteiger partial charge in [-0.05, 0) is 38.8 Å². The maximum absolute atomic E-state index is 13.1. The summed E-state index contributed by atoms with van der Waals surface area (Å²) in [5.74, 6) is 1.78. The largest absolute Gasteiger partial charge is 0.493 e. The molecule has 1 atom stereocenters. The van der Waals surface area contributed by atoms with Crippen molar-refractivity contribution >= 4 is 5.91 Å². The SMILES string of the molecule is Cc1nc(C)n([C@@H]2CCCN(C(=O)CCOc3cccc(F)c3)C2)n1. The number of hydrogen-bond donors (Lipinski definition) is 0. The summed E-state index contributed by atoms with van der Waals surface area (Å²) >= 11 is 0. The molecular formula is C18H23FN4O2. The predicted molar refractivity (Wildman–Crippen MR) is 90.9 cm³/mol. The number of nitrogens with zero attached hydrogens (tertiary/aromatic N) is 4. The topological polar surface area (TPSA) is 60.2 Å². The van der Waals surface area contributed by atoms with Gasteiger partial charge in [0, 0.05) is 19.2 Å². The normalized spacial score (nSPS) is 17.6. The van der Waals surface area contributed by atoms with Gasteiger partial charge in [0.1, 0.15) is 23.2 Å². The van der Waals surface area contributed by atoms with E-state index < -0.39 is 0 Å². The Balaban J connectivity index is 1.52. The van der Waals surface area contributed by atoms with Crippen molar-refractivity contribution in [2.24, 2.45) is 0 Å². The molecule has 1 aromatic carbocycles. The highest BCUT2D eigenvalue weighted by molar-refractivity contribution is 5.76. The molecule has 3 rings (SSSR count). The Morgan fingerprint density at radius 3 is 2.96 bits per heavy atom. The van der Waals surface area contributed by atoms with Gasteiger partial charge in [-0.1, -0.05) is 6.07 Å². The first kappa shape index (κ1) is 17.4. The number of amides is 1. The van der Waals surface area contributed by atoms with Gasteiger partial charge < -0.3 is 9.64 Å². The fourth-order valence-corrected chi connectivity index (χ4v) is 3.23. The quantitative estimate of drug-likeness (QED) is 0.835. The molecule has 1 amide bonds. The zero-order valence-corrected chi connectivity index (χ0v) is 14.6. The van der Waals surface area contributed by atoms with Crippen molar-refractivity contribution < 1.29 is 13.9 Å². The summed E-state index contributed by atoms with van der Waals surface area (Å²) in [5, 5.41) is 4.45. The standard InChI is InChI=1S/C18H23FN4O2/c1-13-20-14(2)23(21-13)16-6-4-9-22(12-16)18(24)8-10-25-17-7-3-5-15(19)11-17/h3,5,7,11,16H,4,6,8-10,12H2,1-2H3/t16-/m1/s1. The summed E-state index contributed by atoms with van der Waals surface area (Å²) in [4.78, 5) is 18.7. The molecular weight excluding hydrogens is 323 g/mol. The van der Waals surface area contributed by atoms with Crippen LogP contribution in [0.1, 0.15) is 37.0 Å². The van der Waals surface area contributed by atoms with Gasteiger partial charge >= 0.3 is 0 Å². The fraction of sp³-hybridized carbons (Fsp3) is 0.500. The van der Waals surface area contributed by atoms with Crippen LogP contribution in [0.3, 0.4) is 0 Å². The van der Waals surface area contributed by atoms with Gasteiger partial charge in [0.15, 0.2) is 0 Å². The van der Waals surface area contributed by atoms with Gasteiger partial charge in [-0.15, -0.1) is 0 Å². The van der Waals surface area contributed by atoms with Crippen LogP contribution in [-0.4, -0.2) is 45.3 Å². The third-order valence-corrected chi connectivity index (χ3v) is 4.38. The number of aryl methyl sites for hydroxylation is 2. The third-order valence-electron chi connectivity index (χ3n) is 4.38. The summed E-state index contributed by atoms with van der Waals surface area (Å²) in [6.45, 7) is 5.45. The molecule has 0 unspecified atom stereocenters. The molecule has 1 aliphatic rings. The molecule has 0 radical (unpaired) electrons. The number of likely N-dealkylation sites (tertiary alicyclic amines) is 1. The Labute approximate surface area is 146 Å². The van der Waals surface area contributed by atoms with E-state index >= 15 is 0 Å². The monoisotopic (exact) mass is 346 g/mol. The lowest BCUT2D eigenvalue weighted by molar-refractivity contribution is -0.133. The Bertz CT molecular complexity index is 746. The number of halogens is 1. The highest BCUT2D eigenvalue weighted by Gasteiger charge is 2.26. The number of benzene rings is 1. The average Bonchev–Trinajstić information content (AvgIpc) is 2.93. The molecule has 7 heteroatoms. The second-order valence-electron chi connectivity index (χ2n) is 6.34. The summed E-state index contributed by atoms with van der Waals surface area (Å²) in [6, 6.07) is 6.12. The van der Waals surface area contributed by atoms with Crippen LogP contribution in [0.15, 0.2) is 24.3 Å². The molecule has 0 saturated carbocycles. The van der Waals surface area contributed by atoms with Gasteiger partial charge in [-0.2, -0.15) is 5.10 Å². The molecule has 0 spiro atoms. The number of ether oxygens (including phenoxy) is 1. The van der Waals surface area contributed by atoms with Crippen molar-refractivity contribution in [1.29, 1.82) is 0 Å². The van der Waals surface area contributed by atoms with Crippen LogP contribution in [0.25, 0.3) is 0 Å². The zero-order valence-electron chi connectivity index (χ0n) is 14.6. The van der Waals surface area contributed by atoms with Gasteiger partial charge in [0.2, 0.25) is 5.91 Å². The molecule has 134 valence electrons. The number of hydrogen-bond acceptors (Lipinski definition) is 4. The molecule has 6 nitrogen and oxygen atoms in total. The lowest BCUT2D eigenvalue weighted by Gasteiger charge is -2.33. The Kier molecular flexibility index (Phi) is 5.31. The molecule has 2 aromatic rings. The second-order valence-corrected chi connectivity index (χ2v) is 6.34. The van der Waals surface area contributed by atoms with Crippen LogP contribution in [-0.2, 0) is 4.79 Å². The minimum Gasteiger partial charge on any atom is -0.493 e. The number of carbonyl (C=O) groups is 1. The van der Waals surface area contributed by atoms with Crippen LogP contribution in [0.5, 0.6) is 5.75 Å². The second kappa shape index (κ2) is 7.63. The first-order valence-corrected chi connectivity index (χ1v) is 8.59. The minimum absolute atomic E-state index is 0.0515. The zero-order chi connectivity index (χ0) is 17.8. The number of piperidine rings is 1. The molecule has 0 N–H and O–H groups in total. The van der Waals surface area contributed by atoms with Crippen LogP contribution in [0, 0.1) is 19.7 Å². The first-order valence-electron chi connectivity index (χ1n) is 8.59. The number of aromatic nitrogens is 3. The lowest BCUT2D eigenvalue weighted by Crippen LogP contribution is -2.41. The molecule has 1 saturated heterocycles. The predicted octanol–water partition coefficient (Wildman–Crippen LogP) is 2.67. The molecule has 25 heavy (non-hydrogen) atoms. The smallest absolute Gasteiger partial charge is 0.226 e.